The van der Waals surface area contributed by atoms with Gasteiger partial charge in [-0.3, -0.25) is 9.59 Å². The third-order valence-electron chi connectivity index (χ3n) is 6.00. The van der Waals surface area contributed by atoms with Crippen LogP contribution in [0.2, 0.25) is 0 Å². The van der Waals surface area contributed by atoms with E-state index in [0.717, 1.165) is 56.8 Å². The summed E-state index contributed by atoms with van der Waals surface area (Å²) < 4.78 is 5.62. The molecular formula is C22H26N2O3. The molecule has 142 valence electrons. The molecule has 27 heavy (non-hydrogen) atoms. The van der Waals surface area contributed by atoms with Crippen LogP contribution in [0.25, 0.3) is 6.08 Å². The maximum Gasteiger partial charge on any atom is 0.254 e. The summed E-state index contributed by atoms with van der Waals surface area (Å²) in [6.07, 6.45) is 8.81. The maximum atomic E-state index is 13.2. The summed E-state index contributed by atoms with van der Waals surface area (Å²) in [5.74, 6) is 1.05. The van der Waals surface area contributed by atoms with Gasteiger partial charge >= 0.3 is 0 Å². The molecule has 0 unspecified atom stereocenters. The molecule has 1 aromatic rings. The number of likely N-dealkylation sites (tertiary alicyclic amines) is 2. The lowest BCUT2D eigenvalue weighted by Gasteiger charge is -2.48. The first kappa shape index (κ1) is 17.8. The maximum absolute atomic E-state index is 13.2. The number of para-hydroxylation sites is 1. The molecule has 2 saturated heterocycles. The summed E-state index contributed by atoms with van der Waals surface area (Å²) in [6.45, 7) is 5.04. The quantitative estimate of drug-likeness (QED) is 0.807. The highest BCUT2D eigenvalue weighted by Gasteiger charge is 2.42. The number of carbonyl (C=O) groups is 2. The first-order chi connectivity index (χ1) is 13.1. The van der Waals surface area contributed by atoms with Gasteiger partial charge in [0.15, 0.2) is 0 Å². The summed E-state index contributed by atoms with van der Waals surface area (Å²) in [5.41, 5.74) is 1.61. The molecule has 0 radical (unpaired) electrons. The molecule has 0 N–H and O–H groups in total. The van der Waals surface area contributed by atoms with E-state index in [1.54, 1.807) is 12.3 Å². The first-order valence-electron chi connectivity index (χ1n) is 9.81. The molecule has 5 nitrogen and oxygen atoms in total. The van der Waals surface area contributed by atoms with Gasteiger partial charge in [-0.25, -0.2) is 0 Å². The van der Waals surface area contributed by atoms with Crippen molar-refractivity contribution >= 4 is 17.9 Å². The summed E-state index contributed by atoms with van der Waals surface area (Å²) in [6, 6.07) is 7.73. The van der Waals surface area contributed by atoms with E-state index in [9.17, 15) is 9.59 Å². The number of hydrogen-bond acceptors (Lipinski definition) is 3. The Morgan fingerprint density at radius 2 is 2.07 bits per heavy atom. The van der Waals surface area contributed by atoms with E-state index in [0.29, 0.717) is 12.0 Å². The fourth-order valence-corrected chi connectivity index (χ4v) is 4.52. The Balaban J connectivity index is 1.54. The summed E-state index contributed by atoms with van der Waals surface area (Å²) in [4.78, 5) is 29.2. The van der Waals surface area contributed by atoms with E-state index < -0.39 is 0 Å². The van der Waals surface area contributed by atoms with Gasteiger partial charge in [-0.2, -0.15) is 0 Å². The van der Waals surface area contributed by atoms with Crippen molar-refractivity contribution in [2.45, 2.75) is 32.6 Å². The Morgan fingerprint density at radius 1 is 1.22 bits per heavy atom. The fraction of sp³-hybridized carbons (Fsp3) is 0.455. The van der Waals surface area contributed by atoms with Gasteiger partial charge in [-0.15, -0.1) is 0 Å². The standard InChI is InChI=1S/C22H26N2O3/c1-2-23-15-22(11-8-20(23)25)10-5-12-24(16-22)21(26)18-9-13-27-19-7-4-3-6-17(19)14-18/h3-4,6-7,9,13-14H,2,5,8,10-12,15-16H2,1H3/t22-/m1/s1. The molecule has 3 heterocycles. The average Bonchev–Trinajstić information content (AvgIpc) is 2.92. The van der Waals surface area contributed by atoms with Crippen molar-refractivity contribution in [2.24, 2.45) is 5.41 Å². The first-order valence-corrected chi connectivity index (χ1v) is 9.81. The Labute approximate surface area is 160 Å². The molecule has 5 heteroatoms. The lowest BCUT2D eigenvalue weighted by Crippen LogP contribution is -2.55. The Hall–Kier alpha value is -2.56. The van der Waals surface area contributed by atoms with E-state index in [4.69, 9.17) is 4.74 Å². The van der Waals surface area contributed by atoms with Gasteiger partial charge in [-0.05, 0) is 44.4 Å². The van der Waals surface area contributed by atoms with Crippen LogP contribution in [-0.2, 0) is 9.59 Å². The molecule has 0 bridgehead atoms. The molecular weight excluding hydrogens is 340 g/mol. The normalized spacial score (nSPS) is 24.9. The van der Waals surface area contributed by atoms with Gasteiger partial charge in [0.25, 0.3) is 5.91 Å². The summed E-state index contributed by atoms with van der Waals surface area (Å²) >= 11 is 0. The zero-order valence-electron chi connectivity index (χ0n) is 15.8. The van der Waals surface area contributed by atoms with Gasteiger partial charge in [0.1, 0.15) is 5.75 Å². The van der Waals surface area contributed by atoms with Gasteiger partial charge in [0.05, 0.1) is 6.26 Å². The molecule has 2 amide bonds. The van der Waals surface area contributed by atoms with Gasteiger partial charge in [0.2, 0.25) is 5.91 Å². The largest absolute Gasteiger partial charge is 0.464 e. The fourth-order valence-electron chi connectivity index (χ4n) is 4.52. The van der Waals surface area contributed by atoms with E-state index >= 15 is 0 Å². The van der Waals surface area contributed by atoms with Crippen molar-refractivity contribution in [3.63, 3.8) is 0 Å². The van der Waals surface area contributed by atoms with Crippen LogP contribution in [0.5, 0.6) is 5.75 Å². The topological polar surface area (TPSA) is 49.9 Å². The minimum atomic E-state index is 0.0429. The smallest absolute Gasteiger partial charge is 0.254 e. The van der Waals surface area contributed by atoms with Crippen molar-refractivity contribution in [3.05, 3.63) is 47.7 Å². The highest BCUT2D eigenvalue weighted by atomic mass is 16.5. The molecule has 0 aliphatic carbocycles. The molecule has 1 aromatic carbocycles. The molecule has 0 aromatic heterocycles. The second-order valence-corrected chi connectivity index (χ2v) is 7.80. The molecule has 4 rings (SSSR count). The van der Waals surface area contributed by atoms with Gasteiger partial charge in [0, 0.05) is 49.2 Å². The number of fused-ring (bicyclic) bond motifs is 1. The minimum Gasteiger partial charge on any atom is -0.464 e. The number of nitrogens with zero attached hydrogens (tertiary/aromatic N) is 2. The third-order valence-corrected chi connectivity index (χ3v) is 6.00. The predicted octanol–water partition coefficient (Wildman–Crippen LogP) is 3.23. The monoisotopic (exact) mass is 366 g/mol. The van der Waals surface area contributed by atoms with E-state index in [-0.39, 0.29) is 17.2 Å². The Morgan fingerprint density at radius 3 is 2.93 bits per heavy atom. The minimum absolute atomic E-state index is 0.0429. The predicted molar refractivity (Wildman–Crippen MR) is 104 cm³/mol. The third kappa shape index (κ3) is 3.51. The SMILES string of the molecule is CCN1C[C@@]2(CCCN(C(=O)C3=Cc4ccccc4OC=C3)C2)CCC1=O. The van der Waals surface area contributed by atoms with Crippen molar-refractivity contribution in [1.82, 2.24) is 9.80 Å². The molecule has 1 spiro atoms. The Bertz CT molecular complexity index is 814. The summed E-state index contributed by atoms with van der Waals surface area (Å²) in [5, 5.41) is 0. The Kier molecular flexibility index (Phi) is 4.77. The number of carbonyl (C=O) groups excluding carboxylic acids is 2. The summed E-state index contributed by atoms with van der Waals surface area (Å²) in [7, 11) is 0. The van der Waals surface area contributed by atoms with Crippen molar-refractivity contribution in [3.8, 4) is 5.75 Å². The highest BCUT2D eigenvalue weighted by Crippen LogP contribution is 2.39. The van der Waals surface area contributed by atoms with Crippen LogP contribution in [0.3, 0.4) is 0 Å². The van der Waals surface area contributed by atoms with E-state index in [2.05, 4.69) is 0 Å². The van der Waals surface area contributed by atoms with Crippen LogP contribution in [0.1, 0.15) is 38.2 Å². The average molecular weight is 366 g/mol. The second-order valence-electron chi connectivity index (χ2n) is 7.80. The molecule has 3 aliphatic heterocycles. The van der Waals surface area contributed by atoms with Crippen LogP contribution < -0.4 is 4.74 Å². The van der Waals surface area contributed by atoms with Crippen molar-refractivity contribution < 1.29 is 14.3 Å². The number of hydrogen-bond donors (Lipinski definition) is 0. The van der Waals surface area contributed by atoms with Crippen LogP contribution in [-0.4, -0.2) is 47.8 Å². The molecule has 2 fully saturated rings. The number of amides is 2. The number of ether oxygens (including phenoxy) is 1. The lowest BCUT2D eigenvalue weighted by atomic mass is 9.73. The van der Waals surface area contributed by atoms with Crippen molar-refractivity contribution in [2.75, 3.05) is 26.2 Å². The zero-order chi connectivity index (χ0) is 18.9. The number of rotatable bonds is 2. The zero-order valence-corrected chi connectivity index (χ0v) is 15.8. The number of piperidine rings is 2. The van der Waals surface area contributed by atoms with E-state index in [1.165, 1.54) is 0 Å². The van der Waals surface area contributed by atoms with E-state index in [1.807, 2.05) is 47.1 Å². The van der Waals surface area contributed by atoms with Gasteiger partial charge in [-0.1, -0.05) is 18.2 Å². The lowest BCUT2D eigenvalue weighted by molar-refractivity contribution is -0.141. The highest BCUT2D eigenvalue weighted by molar-refractivity contribution is 6.01. The molecule has 1 atom stereocenters. The van der Waals surface area contributed by atoms with Gasteiger partial charge < -0.3 is 14.5 Å². The van der Waals surface area contributed by atoms with Crippen LogP contribution >= 0.6 is 0 Å². The molecule has 3 aliphatic rings. The van der Waals surface area contributed by atoms with Crippen LogP contribution in [0, 0.1) is 5.41 Å². The second kappa shape index (κ2) is 7.22. The van der Waals surface area contributed by atoms with Crippen molar-refractivity contribution in [1.29, 1.82) is 0 Å². The van der Waals surface area contributed by atoms with Crippen LogP contribution in [0.15, 0.2) is 42.2 Å². The molecule has 0 saturated carbocycles. The van der Waals surface area contributed by atoms with Crippen LogP contribution in [0.4, 0.5) is 0 Å². The number of benzene rings is 1.